The van der Waals surface area contributed by atoms with Gasteiger partial charge in [0, 0.05) is 28.9 Å². The summed E-state index contributed by atoms with van der Waals surface area (Å²) in [5.41, 5.74) is 1.26. The highest BCUT2D eigenvalue weighted by molar-refractivity contribution is 5.81. The number of methoxy groups -OCH3 is 1. The van der Waals surface area contributed by atoms with Gasteiger partial charge in [0.1, 0.15) is 5.75 Å². The number of carbonyl (C=O) groups excluding carboxylic acids is 1. The standard InChI is InChI=1S/C16H18N2O3/c1-21-13-5-6-14-11(9-13)8-10(16(20)18-14)2-7-15(19)17-12-3-4-12/h5-6,8-9,12H,2-4,7H2,1H3,(H,17,19)(H,18,20). The molecular formula is C16H18N2O3. The highest BCUT2D eigenvalue weighted by atomic mass is 16.5. The zero-order valence-electron chi connectivity index (χ0n) is 11.9. The Morgan fingerprint density at radius 1 is 1.38 bits per heavy atom. The van der Waals surface area contributed by atoms with Crippen molar-refractivity contribution in [1.82, 2.24) is 10.3 Å². The van der Waals surface area contributed by atoms with Crippen LogP contribution < -0.4 is 15.6 Å². The average molecular weight is 286 g/mol. The minimum Gasteiger partial charge on any atom is -0.497 e. The second-order valence-electron chi connectivity index (χ2n) is 5.42. The van der Waals surface area contributed by atoms with E-state index in [2.05, 4.69) is 10.3 Å². The normalized spacial score (nSPS) is 14.1. The molecular weight excluding hydrogens is 268 g/mol. The fourth-order valence-corrected chi connectivity index (χ4v) is 2.32. The van der Waals surface area contributed by atoms with Crippen LogP contribution in [0.1, 0.15) is 24.8 Å². The molecule has 0 aliphatic heterocycles. The van der Waals surface area contributed by atoms with E-state index in [0.717, 1.165) is 29.5 Å². The van der Waals surface area contributed by atoms with Gasteiger partial charge in [0.25, 0.3) is 5.56 Å². The third-order valence-corrected chi connectivity index (χ3v) is 3.69. The van der Waals surface area contributed by atoms with Gasteiger partial charge in [0.05, 0.1) is 7.11 Å². The maximum Gasteiger partial charge on any atom is 0.251 e. The molecule has 2 N–H and O–H groups in total. The van der Waals surface area contributed by atoms with E-state index in [1.54, 1.807) is 13.2 Å². The Kier molecular flexibility index (Phi) is 3.64. The zero-order valence-corrected chi connectivity index (χ0v) is 11.9. The topological polar surface area (TPSA) is 71.2 Å². The maximum atomic E-state index is 12.0. The van der Waals surface area contributed by atoms with E-state index < -0.39 is 0 Å². The van der Waals surface area contributed by atoms with E-state index in [1.165, 1.54) is 0 Å². The molecule has 1 amide bonds. The lowest BCUT2D eigenvalue weighted by Gasteiger charge is -2.06. The molecule has 1 heterocycles. The van der Waals surface area contributed by atoms with E-state index in [0.29, 0.717) is 24.4 Å². The monoisotopic (exact) mass is 286 g/mol. The summed E-state index contributed by atoms with van der Waals surface area (Å²) in [6, 6.07) is 7.69. The summed E-state index contributed by atoms with van der Waals surface area (Å²) in [7, 11) is 1.61. The molecule has 0 saturated heterocycles. The molecule has 5 nitrogen and oxygen atoms in total. The second kappa shape index (κ2) is 5.60. The highest BCUT2D eigenvalue weighted by Crippen LogP contribution is 2.20. The Hall–Kier alpha value is -2.30. The molecule has 0 atom stereocenters. The van der Waals surface area contributed by atoms with Gasteiger partial charge >= 0.3 is 0 Å². The van der Waals surface area contributed by atoms with Gasteiger partial charge < -0.3 is 15.0 Å². The summed E-state index contributed by atoms with van der Waals surface area (Å²) in [6.07, 6.45) is 2.93. The molecule has 1 aliphatic carbocycles. The molecule has 0 bridgehead atoms. The van der Waals surface area contributed by atoms with Crippen molar-refractivity contribution < 1.29 is 9.53 Å². The van der Waals surface area contributed by atoms with Crippen molar-refractivity contribution in [2.24, 2.45) is 0 Å². The number of aromatic amines is 1. The number of carbonyl (C=O) groups is 1. The first kappa shape index (κ1) is 13.7. The second-order valence-corrected chi connectivity index (χ2v) is 5.42. The Morgan fingerprint density at radius 3 is 2.90 bits per heavy atom. The lowest BCUT2D eigenvalue weighted by Crippen LogP contribution is -2.26. The first-order valence-corrected chi connectivity index (χ1v) is 7.15. The lowest BCUT2D eigenvalue weighted by atomic mass is 10.1. The van der Waals surface area contributed by atoms with Crippen molar-refractivity contribution in [3.05, 3.63) is 40.2 Å². The molecule has 1 aromatic heterocycles. The molecule has 0 unspecified atom stereocenters. The van der Waals surface area contributed by atoms with E-state index in [4.69, 9.17) is 4.74 Å². The van der Waals surface area contributed by atoms with Crippen molar-refractivity contribution in [3.63, 3.8) is 0 Å². The van der Waals surface area contributed by atoms with Crippen LogP contribution in [-0.2, 0) is 11.2 Å². The van der Waals surface area contributed by atoms with Crippen LogP contribution in [-0.4, -0.2) is 24.0 Å². The third kappa shape index (κ3) is 3.24. The minimum atomic E-state index is -0.133. The summed E-state index contributed by atoms with van der Waals surface area (Å²) < 4.78 is 5.19. The van der Waals surface area contributed by atoms with Gasteiger partial charge in [-0.15, -0.1) is 0 Å². The maximum absolute atomic E-state index is 12.0. The Labute approximate surface area is 122 Å². The predicted octanol–water partition coefficient (Wildman–Crippen LogP) is 1.75. The molecule has 110 valence electrons. The zero-order chi connectivity index (χ0) is 14.8. The van der Waals surface area contributed by atoms with Gasteiger partial charge in [-0.25, -0.2) is 0 Å². The molecule has 1 aromatic carbocycles. The Morgan fingerprint density at radius 2 is 2.19 bits per heavy atom. The number of ether oxygens (including phenoxy) is 1. The van der Waals surface area contributed by atoms with E-state index >= 15 is 0 Å². The number of aromatic nitrogens is 1. The number of aryl methyl sites for hydroxylation is 1. The first-order valence-electron chi connectivity index (χ1n) is 7.15. The number of hydrogen-bond donors (Lipinski definition) is 2. The minimum absolute atomic E-state index is 0.0163. The molecule has 0 radical (unpaired) electrons. The van der Waals surface area contributed by atoms with Crippen molar-refractivity contribution >= 4 is 16.8 Å². The van der Waals surface area contributed by atoms with Crippen molar-refractivity contribution in [1.29, 1.82) is 0 Å². The first-order chi connectivity index (χ1) is 10.2. The van der Waals surface area contributed by atoms with Crippen LogP contribution in [0.3, 0.4) is 0 Å². The number of hydrogen-bond acceptors (Lipinski definition) is 3. The Bertz CT molecular complexity index is 732. The molecule has 1 aliphatic rings. The molecule has 2 aromatic rings. The third-order valence-electron chi connectivity index (χ3n) is 3.69. The van der Waals surface area contributed by atoms with E-state index in [9.17, 15) is 9.59 Å². The summed E-state index contributed by atoms with van der Waals surface area (Å²) in [4.78, 5) is 26.6. The van der Waals surface area contributed by atoms with Crippen LogP contribution in [0.5, 0.6) is 5.75 Å². The summed E-state index contributed by atoms with van der Waals surface area (Å²) in [5, 5.41) is 3.84. The fourth-order valence-electron chi connectivity index (χ4n) is 2.32. The summed E-state index contributed by atoms with van der Waals surface area (Å²) >= 11 is 0. The fraction of sp³-hybridized carbons (Fsp3) is 0.375. The van der Waals surface area contributed by atoms with Crippen LogP contribution in [0.4, 0.5) is 0 Å². The highest BCUT2D eigenvalue weighted by Gasteiger charge is 2.22. The van der Waals surface area contributed by atoms with Crippen LogP contribution in [0.2, 0.25) is 0 Å². The number of rotatable bonds is 5. The number of H-pyrrole nitrogens is 1. The molecule has 1 saturated carbocycles. The largest absolute Gasteiger partial charge is 0.497 e. The quantitative estimate of drug-likeness (QED) is 0.879. The van der Waals surface area contributed by atoms with Crippen LogP contribution in [0, 0.1) is 0 Å². The molecule has 1 fully saturated rings. The van der Waals surface area contributed by atoms with Gasteiger partial charge in [-0.3, -0.25) is 9.59 Å². The van der Waals surface area contributed by atoms with Gasteiger partial charge in [-0.2, -0.15) is 0 Å². The number of nitrogens with one attached hydrogen (secondary N) is 2. The van der Waals surface area contributed by atoms with Gasteiger partial charge in [-0.05, 0) is 43.5 Å². The van der Waals surface area contributed by atoms with Crippen molar-refractivity contribution in [3.8, 4) is 5.75 Å². The van der Waals surface area contributed by atoms with Crippen LogP contribution in [0.25, 0.3) is 10.9 Å². The van der Waals surface area contributed by atoms with Gasteiger partial charge in [0.15, 0.2) is 0 Å². The number of pyridine rings is 1. The SMILES string of the molecule is COc1ccc2[nH]c(=O)c(CCC(=O)NC3CC3)cc2c1. The smallest absolute Gasteiger partial charge is 0.251 e. The van der Waals surface area contributed by atoms with E-state index in [1.807, 2.05) is 18.2 Å². The lowest BCUT2D eigenvalue weighted by molar-refractivity contribution is -0.121. The number of amides is 1. The van der Waals surface area contributed by atoms with E-state index in [-0.39, 0.29) is 11.5 Å². The van der Waals surface area contributed by atoms with Crippen molar-refractivity contribution in [2.75, 3.05) is 7.11 Å². The molecule has 21 heavy (non-hydrogen) atoms. The summed E-state index contributed by atoms with van der Waals surface area (Å²) in [6.45, 7) is 0. The Balaban J connectivity index is 1.78. The predicted molar refractivity (Wildman–Crippen MR) is 80.6 cm³/mol. The van der Waals surface area contributed by atoms with Gasteiger partial charge in [0.2, 0.25) is 5.91 Å². The molecule has 3 rings (SSSR count). The number of fused-ring (bicyclic) bond motifs is 1. The molecule has 0 spiro atoms. The number of benzene rings is 1. The summed E-state index contributed by atoms with van der Waals surface area (Å²) in [5.74, 6) is 0.759. The van der Waals surface area contributed by atoms with Crippen LogP contribution >= 0.6 is 0 Å². The molecule has 5 heteroatoms. The average Bonchev–Trinajstić information content (AvgIpc) is 3.28. The van der Waals surface area contributed by atoms with Crippen molar-refractivity contribution in [2.45, 2.75) is 31.7 Å². The van der Waals surface area contributed by atoms with Gasteiger partial charge in [-0.1, -0.05) is 0 Å². The van der Waals surface area contributed by atoms with Crippen LogP contribution in [0.15, 0.2) is 29.1 Å².